The molecule has 1 spiro atoms. The first-order valence-corrected chi connectivity index (χ1v) is 30.8. The van der Waals surface area contributed by atoms with Crippen LogP contribution in [0, 0.1) is 22.9 Å². The van der Waals surface area contributed by atoms with Crippen LogP contribution in [0.4, 0.5) is 24.1 Å². The number of hydrogen-bond acceptors (Lipinski definition) is 23. The van der Waals surface area contributed by atoms with Gasteiger partial charge in [-0.15, -0.1) is 5.10 Å². The summed E-state index contributed by atoms with van der Waals surface area (Å²) >= 11 is 8.16. The highest BCUT2D eigenvalue weighted by Crippen LogP contribution is 2.45. The number of carbonyl (C=O) groups excluding carboxylic acids is 1. The molecule has 26 nitrogen and oxygen atoms in total. The lowest BCUT2D eigenvalue weighted by atomic mass is 9.73. The van der Waals surface area contributed by atoms with E-state index in [9.17, 15) is 22.5 Å². The molecule has 2 N–H and O–H groups in total. The smallest absolute Gasteiger partial charge is 0.350 e. The van der Waals surface area contributed by atoms with Crippen LogP contribution in [0.15, 0.2) is 42.7 Å². The Hall–Kier alpha value is -5.28. The number of piperidine rings is 1. The van der Waals surface area contributed by atoms with Crippen molar-refractivity contribution >= 4 is 68.7 Å². The molecule has 3 fully saturated rings. The van der Waals surface area contributed by atoms with Gasteiger partial charge in [0.1, 0.15) is 36.0 Å². The highest BCUT2D eigenvalue weighted by Gasteiger charge is 2.47. The Bertz CT molecular complexity index is 3100. The standard InChI is InChI=1S/C53H69ClF3N10O16PS/c54-51-60-49(41-29-58-67(50(41)61-51)46-5-3-40(82-46)32-80-36-84(69,70)71)65-34-53(35-65)7-1-8-64(33-53)52-59-44-4-2-39(28-45(44)85-52)81-25-24-78-21-20-76-18-19-77-22-23-79-31-38-30-66(63-62-38)9-11-73-13-15-75-17-16-74-14-12-72-10-6-47(68)83-48-42(56)26-37(55)27-43(48)57/h2,4,26-30,40,46H,1,3,5-25,31-36H2,(H2,69,70,71). The van der Waals surface area contributed by atoms with Crippen molar-refractivity contribution in [1.29, 1.82) is 0 Å². The SMILES string of the molecule is O=C(CCOCCOCCOCCOCCn1cc(COCCOCCOCCOCCOc2ccc3nc(N4CCCC5(C4)CN(c4nc(Cl)nc6c4cnn6C4CCC(COCP(=O)(O)O)O4)C5)sc3c2)nn1)Oc1c(F)cc(F)cc1F. The second-order valence-electron chi connectivity index (χ2n) is 20.2. The number of aromatic nitrogens is 8. The summed E-state index contributed by atoms with van der Waals surface area (Å²) in [6.45, 7) is 9.76. The normalized spacial score (nSPS) is 17.0. The van der Waals surface area contributed by atoms with Gasteiger partial charge in [0.2, 0.25) is 11.0 Å². The Morgan fingerprint density at radius 2 is 1.42 bits per heavy atom. The molecule has 7 heterocycles. The zero-order chi connectivity index (χ0) is 59.4. The minimum Gasteiger partial charge on any atom is -0.491 e. The van der Waals surface area contributed by atoms with Crippen LogP contribution < -0.4 is 19.3 Å². The van der Waals surface area contributed by atoms with Gasteiger partial charge in [0.25, 0.3) is 0 Å². The van der Waals surface area contributed by atoms with Gasteiger partial charge in [-0.3, -0.25) is 9.36 Å². The number of anilines is 2. The molecule has 3 aliphatic heterocycles. The number of benzene rings is 2. The highest BCUT2D eigenvalue weighted by atomic mass is 35.5. The van der Waals surface area contributed by atoms with Crippen LogP contribution in [0.2, 0.25) is 5.28 Å². The maximum Gasteiger partial charge on any atom is 0.350 e. The predicted octanol–water partition coefficient (Wildman–Crippen LogP) is 5.74. The second-order valence-corrected chi connectivity index (χ2v) is 23.1. The lowest BCUT2D eigenvalue weighted by Crippen LogP contribution is -2.63. The molecule has 2 unspecified atom stereocenters. The fourth-order valence-corrected chi connectivity index (χ4v) is 11.2. The molecule has 0 saturated carbocycles. The Balaban J connectivity index is 0.547. The fourth-order valence-electron chi connectivity index (χ4n) is 9.72. The number of esters is 1. The van der Waals surface area contributed by atoms with E-state index in [1.807, 2.05) is 18.2 Å². The molecule has 4 aromatic heterocycles. The topological polar surface area (TPSA) is 279 Å². The van der Waals surface area contributed by atoms with Crippen LogP contribution >= 0.6 is 30.5 Å². The van der Waals surface area contributed by atoms with E-state index in [1.165, 1.54) is 0 Å². The molecule has 0 amide bonds. The fraction of sp³-hybridized carbons (Fsp3) is 0.604. The third kappa shape index (κ3) is 19.6. The molecule has 0 aliphatic carbocycles. The average Bonchev–Trinajstić information content (AvgIpc) is 3.14. The predicted molar refractivity (Wildman–Crippen MR) is 300 cm³/mol. The number of rotatable bonds is 38. The van der Waals surface area contributed by atoms with Crippen molar-refractivity contribution in [3.63, 3.8) is 0 Å². The quantitative estimate of drug-likeness (QED) is 0.0154. The number of thiazole rings is 1. The number of carbonyl (C=O) groups is 1. The van der Waals surface area contributed by atoms with Gasteiger partial charge in [-0.25, -0.2) is 27.5 Å². The summed E-state index contributed by atoms with van der Waals surface area (Å²) in [5, 5.41) is 14.7. The van der Waals surface area contributed by atoms with Crippen molar-refractivity contribution in [3.8, 4) is 11.5 Å². The van der Waals surface area contributed by atoms with E-state index in [2.05, 4.69) is 39.9 Å². The van der Waals surface area contributed by atoms with Crippen LogP contribution in [0.3, 0.4) is 0 Å². The maximum absolute atomic E-state index is 13.6. The Morgan fingerprint density at radius 3 is 2.12 bits per heavy atom. The van der Waals surface area contributed by atoms with E-state index in [1.54, 1.807) is 33.1 Å². The molecule has 32 heteroatoms. The van der Waals surface area contributed by atoms with E-state index in [0.717, 1.165) is 71.3 Å². The van der Waals surface area contributed by atoms with Crippen molar-refractivity contribution in [2.45, 2.75) is 57.6 Å². The summed E-state index contributed by atoms with van der Waals surface area (Å²) in [4.78, 5) is 48.8. The lowest BCUT2D eigenvalue weighted by molar-refractivity contribution is -0.136. The van der Waals surface area contributed by atoms with Crippen molar-refractivity contribution in [2.75, 3.05) is 155 Å². The minimum atomic E-state index is -4.26. The third-order valence-corrected chi connectivity index (χ3v) is 15.4. The monoisotopic (exact) mass is 1260 g/mol. The summed E-state index contributed by atoms with van der Waals surface area (Å²) < 4.78 is 122. The van der Waals surface area contributed by atoms with Gasteiger partial charge in [-0.05, 0) is 55.5 Å². The zero-order valence-corrected chi connectivity index (χ0v) is 49.1. The molecular formula is C53H69ClF3N10O16PS. The number of ether oxygens (including phenoxy) is 12. The van der Waals surface area contributed by atoms with E-state index < -0.39 is 49.3 Å². The van der Waals surface area contributed by atoms with E-state index in [0.29, 0.717) is 135 Å². The summed E-state index contributed by atoms with van der Waals surface area (Å²) in [6.07, 6.45) is 5.28. The van der Waals surface area contributed by atoms with Crippen molar-refractivity contribution in [2.24, 2.45) is 5.41 Å². The Labute approximate surface area is 496 Å². The number of halogens is 4. The Kier molecular flexibility index (Phi) is 24.2. The highest BCUT2D eigenvalue weighted by molar-refractivity contribution is 7.51. The third-order valence-electron chi connectivity index (χ3n) is 13.6. The average molecular weight is 1260 g/mol. The van der Waals surface area contributed by atoms with E-state index in [4.69, 9.17) is 78.5 Å². The molecule has 0 bridgehead atoms. The summed E-state index contributed by atoms with van der Waals surface area (Å²) in [7, 11) is -4.26. The molecular weight excluding hydrogens is 1190 g/mol. The summed E-state index contributed by atoms with van der Waals surface area (Å²) in [5.41, 5.74) is 2.24. The van der Waals surface area contributed by atoms with E-state index >= 15 is 0 Å². The molecule has 466 valence electrons. The number of hydrogen-bond donors (Lipinski definition) is 2. The largest absolute Gasteiger partial charge is 0.491 e. The minimum absolute atomic E-state index is 0.0521. The number of nitrogens with zero attached hydrogens (tertiary/aromatic N) is 10. The number of fused-ring (bicyclic) bond motifs is 2. The van der Waals surface area contributed by atoms with Gasteiger partial charge in [-0.1, -0.05) is 16.6 Å². The van der Waals surface area contributed by atoms with Crippen molar-refractivity contribution in [3.05, 3.63) is 71.2 Å². The molecule has 85 heavy (non-hydrogen) atoms. The van der Waals surface area contributed by atoms with Gasteiger partial charge >= 0.3 is 13.6 Å². The van der Waals surface area contributed by atoms with Crippen molar-refractivity contribution in [1.82, 2.24) is 39.7 Å². The van der Waals surface area contributed by atoms with Crippen LogP contribution in [0.1, 0.15) is 44.0 Å². The molecule has 6 aromatic rings. The van der Waals surface area contributed by atoms with Crippen molar-refractivity contribution < 1.29 is 89.2 Å². The molecule has 2 atom stereocenters. The lowest BCUT2D eigenvalue weighted by Gasteiger charge is -2.55. The van der Waals surface area contributed by atoms with Crippen LogP contribution in [-0.2, 0) is 69.9 Å². The van der Waals surface area contributed by atoms with Crippen LogP contribution in [0.25, 0.3) is 21.3 Å². The van der Waals surface area contributed by atoms with Gasteiger partial charge in [0, 0.05) is 43.7 Å². The molecule has 0 radical (unpaired) electrons. The second kappa shape index (κ2) is 32.1. The summed E-state index contributed by atoms with van der Waals surface area (Å²) in [5.74, 6) is -4.12. The summed E-state index contributed by atoms with van der Waals surface area (Å²) in [6, 6.07) is 6.81. The van der Waals surface area contributed by atoms with Gasteiger partial charge in [0.15, 0.2) is 28.6 Å². The van der Waals surface area contributed by atoms with Gasteiger partial charge in [-0.2, -0.15) is 15.1 Å². The van der Waals surface area contributed by atoms with Gasteiger partial charge in [0.05, 0.1) is 159 Å². The molecule has 3 saturated heterocycles. The molecule has 2 aromatic carbocycles. The maximum atomic E-state index is 13.6. The first-order valence-electron chi connectivity index (χ1n) is 27.8. The first kappa shape index (κ1) is 64.2. The molecule has 9 rings (SSSR count). The molecule has 3 aliphatic rings. The van der Waals surface area contributed by atoms with E-state index in [-0.39, 0.29) is 49.7 Å². The first-order chi connectivity index (χ1) is 41.3. The van der Waals surface area contributed by atoms with Gasteiger partial charge < -0.3 is 76.4 Å². The Morgan fingerprint density at radius 1 is 0.776 bits per heavy atom. The van der Waals surface area contributed by atoms with Crippen LogP contribution in [0.5, 0.6) is 11.5 Å². The van der Waals surface area contributed by atoms with Crippen LogP contribution in [-0.4, -0.2) is 206 Å². The zero-order valence-electron chi connectivity index (χ0n) is 46.7.